The van der Waals surface area contributed by atoms with Crippen LogP contribution in [0, 0.1) is 12.8 Å². The van der Waals surface area contributed by atoms with Crippen molar-refractivity contribution in [1.82, 2.24) is 0 Å². The van der Waals surface area contributed by atoms with Gasteiger partial charge in [-0.1, -0.05) is 17.7 Å². The van der Waals surface area contributed by atoms with E-state index in [1.54, 1.807) is 7.11 Å². The van der Waals surface area contributed by atoms with Gasteiger partial charge in [0, 0.05) is 29.6 Å². The number of aryl methyl sites for hydroxylation is 1. The van der Waals surface area contributed by atoms with E-state index < -0.39 is 0 Å². The molecule has 0 aromatic heterocycles. The number of hydrogen-bond acceptors (Lipinski definition) is 4. The van der Waals surface area contributed by atoms with Gasteiger partial charge in [0.1, 0.15) is 5.75 Å². The van der Waals surface area contributed by atoms with Crippen LogP contribution in [0.4, 0.5) is 5.69 Å². The van der Waals surface area contributed by atoms with Crippen LogP contribution in [0.1, 0.15) is 27.0 Å². The van der Waals surface area contributed by atoms with Crippen LogP contribution in [0.5, 0.6) is 5.75 Å². The molecule has 2 aromatic carbocycles. The summed E-state index contributed by atoms with van der Waals surface area (Å²) in [6, 6.07) is 10.1. The van der Waals surface area contributed by atoms with E-state index in [4.69, 9.17) is 21.1 Å². The van der Waals surface area contributed by atoms with Crippen molar-refractivity contribution < 1.29 is 14.3 Å². The maximum Gasteiger partial charge on any atom is 0.167 e. The highest BCUT2D eigenvalue weighted by atomic mass is 35.5. The Kier molecular flexibility index (Phi) is 5.11. The van der Waals surface area contributed by atoms with E-state index >= 15 is 0 Å². The summed E-state index contributed by atoms with van der Waals surface area (Å²) in [5, 5.41) is 0.726. The first-order chi connectivity index (χ1) is 13.0. The number of halogens is 1. The first kappa shape index (κ1) is 18.3. The number of anilines is 1. The first-order valence-electron chi connectivity index (χ1n) is 9.39. The molecule has 0 amide bonds. The fraction of sp³-hybridized carbons (Fsp3) is 0.409. The average Bonchev–Trinajstić information content (AvgIpc) is 2.95. The van der Waals surface area contributed by atoms with Gasteiger partial charge < -0.3 is 14.4 Å². The average molecular weight is 386 g/mol. The van der Waals surface area contributed by atoms with Crippen molar-refractivity contribution in [2.24, 2.45) is 5.92 Å². The summed E-state index contributed by atoms with van der Waals surface area (Å²) in [6.07, 6.45) is 1.48. The molecule has 1 fully saturated rings. The zero-order valence-corrected chi connectivity index (χ0v) is 16.5. The summed E-state index contributed by atoms with van der Waals surface area (Å²) in [7, 11) is 1.66. The van der Waals surface area contributed by atoms with E-state index in [2.05, 4.69) is 17.0 Å². The quantitative estimate of drug-likeness (QED) is 0.794. The topological polar surface area (TPSA) is 38.8 Å². The number of ether oxygens (including phenoxy) is 2. The Balaban J connectivity index is 1.61. The number of Topliss-reactive ketones (excluding diaryl/α,β-unsaturated/α-hetero) is 1. The number of benzene rings is 2. The zero-order valence-electron chi connectivity index (χ0n) is 15.8. The number of methoxy groups -OCH3 is 1. The summed E-state index contributed by atoms with van der Waals surface area (Å²) < 4.78 is 11.1. The molecule has 27 heavy (non-hydrogen) atoms. The lowest BCUT2D eigenvalue weighted by Crippen LogP contribution is -2.36. The van der Waals surface area contributed by atoms with Gasteiger partial charge in [-0.25, -0.2) is 0 Å². The SMILES string of the molecule is COc1cc2c(cc1N1CCOCC1)CC(Cc1cc(C)cc(Cl)c1)C2=O. The second kappa shape index (κ2) is 7.53. The number of carbonyl (C=O) groups is 1. The van der Waals surface area contributed by atoms with E-state index in [0.29, 0.717) is 6.42 Å². The van der Waals surface area contributed by atoms with Gasteiger partial charge in [0.2, 0.25) is 0 Å². The highest BCUT2D eigenvalue weighted by Crippen LogP contribution is 2.38. The molecule has 1 atom stereocenters. The predicted octanol–water partition coefficient (Wildman–Crippen LogP) is 4.09. The molecule has 1 unspecified atom stereocenters. The second-order valence-electron chi connectivity index (χ2n) is 7.39. The van der Waals surface area contributed by atoms with Crippen molar-refractivity contribution in [2.75, 3.05) is 38.3 Å². The number of carbonyl (C=O) groups excluding carboxylic acids is 1. The van der Waals surface area contributed by atoms with Gasteiger partial charge in [0.25, 0.3) is 0 Å². The molecule has 5 heteroatoms. The molecule has 4 nitrogen and oxygen atoms in total. The molecule has 0 bridgehead atoms. The highest BCUT2D eigenvalue weighted by Gasteiger charge is 2.32. The molecular weight excluding hydrogens is 362 g/mol. The smallest absolute Gasteiger partial charge is 0.167 e. The van der Waals surface area contributed by atoms with Crippen molar-refractivity contribution in [1.29, 1.82) is 0 Å². The largest absolute Gasteiger partial charge is 0.495 e. The molecule has 1 aliphatic carbocycles. The third kappa shape index (κ3) is 3.69. The van der Waals surface area contributed by atoms with Crippen LogP contribution in [0.2, 0.25) is 5.02 Å². The number of nitrogens with zero attached hydrogens (tertiary/aromatic N) is 1. The minimum atomic E-state index is -0.0393. The lowest BCUT2D eigenvalue weighted by atomic mass is 9.95. The summed E-state index contributed by atoms with van der Waals surface area (Å²) in [4.78, 5) is 15.3. The van der Waals surface area contributed by atoms with Gasteiger partial charge in [-0.3, -0.25) is 4.79 Å². The molecule has 1 aliphatic heterocycles. The van der Waals surface area contributed by atoms with Crippen LogP contribution in [0.25, 0.3) is 0 Å². The molecule has 0 N–H and O–H groups in total. The molecule has 0 saturated carbocycles. The number of fused-ring (bicyclic) bond motifs is 1. The molecule has 142 valence electrons. The number of morpholine rings is 1. The lowest BCUT2D eigenvalue weighted by Gasteiger charge is -2.30. The summed E-state index contributed by atoms with van der Waals surface area (Å²) in [5.74, 6) is 0.931. The number of ketones is 1. The van der Waals surface area contributed by atoms with Crippen molar-refractivity contribution in [3.63, 3.8) is 0 Å². The van der Waals surface area contributed by atoms with Gasteiger partial charge >= 0.3 is 0 Å². The van der Waals surface area contributed by atoms with Crippen LogP contribution >= 0.6 is 11.6 Å². The van der Waals surface area contributed by atoms with E-state index in [9.17, 15) is 4.79 Å². The summed E-state index contributed by atoms with van der Waals surface area (Å²) >= 11 is 6.19. The maximum atomic E-state index is 13.0. The standard InChI is InChI=1S/C22H24ClNO3/c1-14-7-15(10-18(23)8-14)9-17-11-16-12-20(24-3-5-27-6-4-24)21(26-2)13-19(16)22(17)25/h7-8,10,12-13,17H,3-6,9,11H2,1-2H3. The lowest BCUT2D eigenvalue weighted by molar-refractivity contribution is 0.0936. The van der Waals surface area contributed by atoms with Crippen molar-refractivity contribution in [3.8, 4) is 5.75 Å². The van der Waals surface area contributed by atoms with E-state index in [-0.39, 0.29) is 11.7 Å². The van der Waals surface area contributed by atoms with Crippen LogP contribution in [0.15, 0.2) is 30.3 Å². The number of hydrogen-bond donors (Lipinski definition) is 0. The Morgan fingerprint density at radius 3 is 2.67 bits per heavy atom. The molecule has 2 aliphatic rings. The van der Waals surface area contributed by atoms with Crippen LogP contribution in [-0.2, 0) is 17.6 Å². The summed E-state index contributed by atoms with van der Waals surface area (Å²) in [6.45, 7) is 5.15. The minimum Gasteiger partial charge on any atom is -0.495 e. The molecule has 2 aromatic rings. The highest BCUT2D eigenvalue weighted by molar-refractivity contribution is 6.30. The second-order valence-corrected chi connectivity index (χ2v) is 7.82. The number of rotatable bonds is 4. The zero-order chi connectivity index (χ0) is 19.0. The van der Waals surface area contributed by atoms with E-state index in [1.165, 1.54) is 0 Å². The van der Waals surface area contributed by atoms with Gasteiger partial charge in [0.05, 0.1) is 26.0 Å². The maximum absolute atomic E-state index is 13.0. The molecule has 0 spiro atoms. The fourth-order valence-electron chi connectivity index (χ4n) is 4.18. The van der Waals surface area contributed by atoms with Crippen LogP contribution in [0.3, 0.4) is 0 Å². The van der Waals surface area contributed by atoms with Gasteiger partial charge in [-0.05, 0) is 60.7 Å². The summed E-state index contributed by atoms with van der Waals surface area (Å²) in [5.41, 5.74) is 5.22. The Hall–Kier alpha value is -2.04. The third-order valence-corrected chi connectivity index (χ3v) is 5.66. The van der Waals surface area contributed by atoms with E-state index in [1.807, 2.05) is 25.1 Å². The van der Waals surface area contributed by atoms with Crippen LogP contribution in [-0.4, -0.2) is 39.2 Å². The Labute approximate surface area is 165 Å². The van der Waals surface area contributed by atoms with Gasteiger partial charge in [0.15, 0.2) is 5.78 Å². The third-order valence-electron chi connectivity index (χ3n) is 5.44. The van der Waals surface area contributed by atoms with Crippen molar-refractivity contribution in [3.05, 3.63) is 57.6 Å². The monoisotopic (exact) mass is 385 g/mol. The van der Waals surface area contributed by atoms with E-state index in [0.717, 1.165) is 71.4 Å². The van der Waals surface area contributed by atoms with Crippen molar-refractivity contribution >= 4 is 23.1 Å². The molecule has 1 saturated heterocycles. The Morgan fingerprint density at radius 2 is 1.96 bits per heavy atom. The normalized spacial score (nSPS) is 19.3. The Morgan fingerprint density at radius 1 is 1.19 bits per heavy atom. The molecule has 0 radical (unpaired) electrons. The predicted molar refractivity (Wildman–Crippen MR) is 107 cm³/mol. The molecule has 4 rings (SSSR count). The molecular formula is C22H24ClNO3. The van der Waals surface area contributed by atoms with Gasteiger partial charge in [-0.2, -0.15) is 0 Å². The Bertz CT molecular complexity index is 854. The molecule has 1 heterocycles. The van der Waals surface area contributed by atoms with Gasteiger partial charge in [-0.15, -0.1) is 0 Å². The minimum absolute atomic E-state index is 0.0393. The first-order valence-corrected chi connectivity index (χ1v) is 9.77. The van der Waals surface area contributed by atoms with Crippen molar-refractivity contribution in [2.45, 2.75) is 19.8 Å². The fourth-order valence-corrected chi connectivity index (χ4v) is 4.49. The van der Waals surface area contributed by atoms with Crippen LogP contribution < -0.4 is 9.64 Å².